The third-order valence-corrected chi connectivity index (χ3v) is 7.98. The molecule has 1 aliphatic rings. The number of nitrogens with one attached hydrogen (secondary N) is 1. The zero-order valence-electron chi connectivity index (χ0n) is 14.5. The van der Waals surface area contributed by atoms with E-state index in [0.29, 0.717) is 24.6 Å². The number of halogens is 1. The Balaban J connectivity index is 1.65. The van der Waals surface area contributed by atoms with E-state index in [4.69, 9.17) is 16.3 Å². The van der Waals surface area contributed by atoms with Crippen LogP contribution >= 0.6 is 34.7 Å². The Morgan fingerprint density at radius 1 is 1.29 bits per heavy atom. The van der Waals surface area contributed by atoms with Crippen LogP contribution in [0.2, 0.25) is 5.15 Å². The molecule has 0 aromatic carbocycles. The molecule has 0 atom stereocenters. The molecule has 12 heteroatoms. The Labute approximate surface area is 175 Å². The van der Waals surface area contributed by atoms with E-state index in [1.54, 1.807) is 23.9 Å². The SMILES string of the molecule is O=C(COC(=O)c1sccc1S(=O)(=O)N1CCSCC1)Nc1cccnc1Cl. The number of ether oxygens (including phenoxy) is 1. The van der Waals surface area contributed by atoms with Crippen molar-refractivity contribution in [3.8, 4) is 0 Å². The van der Waals surface area contributed by atoms with E-state index in [1.807, 2.05) is 0 Å². The van der Waals surface area contributed by atoms with Gasteiger partial charge in [-0.15, -0.1) is 11.3 Å². The third kappa shape index (κ3) is 4.84. The van der Waals surface area contributed by atoms with Gasteiger partial charge in [-0.3, -0.25) is 4.79 Å². The van der Waals surface area contributed by atoms with Crippen LogP contribution in [0.4, 0.5) is 5.69 Å². The van der Waals surface area contributed by atoms with E-state index >= 15 is 0 Å². The zero-order valence-corrected chi connectivity index (χ0v) is 17.7. The molecule has 1 N–H and O–H groups in total. The van der Waals surface area contributed by atoms with Crippen LogP contribution < -0.4 is 5.32 Å². The summed E-state index contributed by atoms with van der Waals surface area (Å²) in [6.45, 7) is 0.207. The van der Waals surface area contributed by atoms with Gasteiger partial charge in [-0.05, 0) is 23.6 Å². The molecule has 2 aromatic heterocycles. The van der Waals surface area contributed by atoms with Gasteiger partial charge in [0.15, 0.2) is 11.8 Å². The van der Waals surface area contributed by atoms with Gasteiger partial charge >= 0.3 is 5.97 Å². The van der Waals surface area contributed by atoms with Gasteiger partial charge in [0.2, 0.25) is 10.0 Å². The fourth-order valence-electron chi connectivity index (χ4n) is 2.44. The van der Waals surface area contributed by atoms with Gasteiger partial charge in [-0.25, -0.2) is 18.2 Å². The predicted molar refractivity (Wildman–Crippen MR) is 109 cm³/mol. The Bertz CT molecular complexity index is 973. The van der Waals surface area contributed by atoms with E-state index in [9.17, 15) is 18.0 Å². The number of pyridine rings is 1. The van der Waals surface area contributed by atoms with Crippen molar-refractivity contribution >= 4 is 62.3 Å². The summed E-state index contributed by atoms with van der Waals surface area (Å²) in [5, 5.41) is 4.09. The molecule has 1 saturated heterocycles. The first-order chi connectivity index (χ1) is 13.4. The van der Waals surface area contributed by atoms with Crippen molar-refractivity contribution in [2.45, 2.75) is 4.90 Å². The zero-order chi connectivity index (χ0) is 20.1. The number of aromatic nitrogens is 1. The smallest absolute Gasteiger partial charge is 0.350 e. The van der Waals surface area contributed by atoms with Gasteiger partial charge in [0, 0.05) is 30.8 Å². The van der Waals surface area contributed by atoms with Gasteiger partial charge in [-0.1, -0.05) is 11.6 Å². The lowest BCUT2D eigenvalue weighted by Crippen LogP contribution is -2.38. The van der Waals surface area contributed by atoms with Gasteiger partial charge in [0.25, 0.3) is 5.91 Å². The maximum absolute atomic E-state index is 12.8. The maximum atomic E-state index is 12.8. The number of hydrogen-bond acceptors (Lipinski definition) is 8. The Kier molecular flexibility index (Phi) is 6.94. The first-order valence-electron chi connectivity index (χ1n) is 8.12. The molecule has 3 rings (SSSR count). The summed E-state index contributed by atoms with van der Waals surface area (Å²) in [7, 11) is -3.78. The highest BCUT2D eigenvalue weighted by molar-refractivity contribution is 7.99. The average Bonchev–Trinajstić information content (AvgIpc) is 3.19. The van der Waals surface area contributed by atoms with Crippen molar-refractivity contribution in [3.05, 3.63) is 39.8 Å². The van der Waals surface area contributed by atoms with Crippen LogP contribution in [0.25, 0.3) is 0 Å². The number of hydrogen-bond donors (Lipinski definition) is 1. The maximum Gasteiger partial charge on any atom is 0.350 e. The summed E-state index contributed by atoms with van der Waals surface area (Å²) in [6, 6.07) is 4.53. The number of nitrogens with zero attached hydrogens (tertiary/aromatic N) is 2. The van der Waals surface area contributed by atoms with Gasteiger partial charge in [-0.2, -0.15) is 16.1 Å². The standard InChI is InChI=1S/C16H16ClN3O5S3/c17-15-11(2-1-4-18-15)19-13(21)10-25-16(22)14-12(3-7-27-14)28(23,24)20-5-8-26-9-6-20/h1-4,7H,5-6,8-10H2,(H,19,21). The second-order valence-electron chi connectivity index (χ2n) is 5.60. The number of amides is 1. The quantitative estimate of drug-likeness (QED) is 0.519. The number of sulfonamides is 1. The monoisotopic (exact) mass is 461 g/mol. The molecule has 28 heavy (non-hydrogen) atoms. The van der Waals surface area contributed by atoms with Gasteiger partial charge in [0.1, 0.15) is 9.77 Å². The molecule has 1 amide bonds. The average molecular weight is 462 g/mol. The highest BCUT2D eigenvalue weighted by Gasteiger charge is 2.31. The molecule has 150 valence electrons. The molecule has 0 radical (unpaired) electrons. The van der Waals surface area contributed by atoms with E-state index in [-0.39, 0.29) is 20.6 Å². The number of carbonyl (C=O) groups excluding carboxylic acids is 2. The number of esters is 1. The molecule has 1 fully saturated rings. The van der Waals surface area contributed by atoms with Crippen LogP contribution in [-0.2, 0) is 19.6 Å². The lowest BCUT2D eigenvalue weighted by atomic mass is 10.4. The summed E-state index contributed by atoms with van der Waals surface area (Å²) >= 11 is 8.49. The molecular formula is C16H16ClN3O5S3. The molecular weight excluding hydrogens is 446 g/mol. The highest BCUT2D eigenvalue weighted by atomic mass is 35.5. The second kappa shape index (κ2) is 9.23. The summed E-state index contributed by atoms with van der Waals surface area (Å²) in [5.41, 5.74) is 0.285. The lowest BCUT2D eigenvalue weighted by Gasteiger charge is -2.25. The molecule has 0 saturated carbocycles. The van der Waals surface area contributed by atoms with Crippen LogP contribution in [0, 0.1) is 0 Å². The minimum absolute atomic E-state index is 0.0505. The van der Waals surface area contributed by atoms with Crippen LogP contribution in [-0.4, -0.2) is 60.8 Å². The molecule has 0 aliphatic carbocycles. The topological polar surface area (TPSA) is 106 Å². The lowest BCUT2D eigenvalue weighted by molar-refractivity contribution is -0.119. The van der Waals surface area contributed by atoms with Gasteiger partial charge in [0.05, 0.1) is 5.69 Å². The second-order valence-corrected chi connectivity index (χ2v) is 10.0. The van der Waals surface area contributed by atoms with Crippen molar-refractivity contribution < 1.29 is 22.7 Å². The molecule has 8 nitrogen and oxygen atoms in total. The summed E-state index contributed by atoms with van der Waals surface area (Å²) in [6.07, 6.45) is 1.47. The van der Waals surface area contributed by atoms with Crippen molar-refractivity contribution in [2.75, 3.05) is 36.5 Å². The number of rotatable bonds is 6. The molecule has 2 aromatic rings. The fraction of sp³-hybridized carbons (Fsp3) is 0.312. The summed E-state index contributed by atoms with van der Waals surface area (Å²) in [4.78, 5) is 28.0. The Morgan fingerprint density at radius 2 is 2.04 bits per heavy atom. The Morgan fingerprint density at radius 3 is 2.75 bits per heavy atom. The summed E-state index contributed by atoms with van der Waals surface area (Å²) in [5.74, 6) is -0.0647. The van der Waals surface area contributed by atoms with E-state index < -0.39 is 28.5 Å². The summed E-state index contributed by atoms with van der Waals surface area (Å²) < 4.78 is 32.0. The van der Waals surface area contributed by atoms with Crippen LogP contribution in [0.1, 0.15) is 9.67 Å². The first kappa shape index (κ1) is 21.1. The van der Waals surface area contributed by atoms with Gasteiger partial charge < -0.3 is 10.1 Å². The Hall–Kier alpha value is -1.66. The van der Waals surface area contributed by atoms with E-state index in [0.717, 1.165) is 11.3 Å². The van der Waals surface area contributed by atoms with Crippen LogP contribution in [0.3, 0.4) is 0 Å². The van der Waals surface area contributed by atoms with Crippen LogP contribution in [0.5, 0.6) is 0 Å². The minimum Gasteiger partial charge on any atom is -0.451 e. The number of anilines is 1. The normalized spacial score (nSPS) is 15.2. The number of carbonyl (C=O) groups is 2. The first-order valence-corrected chi connectivity index (χ1v) is 12.0. The van der Waals surface area contributed by atoms with E-state index in [2.05, 4.69) is 10.3 Å². The van der Waals surface area contributed by atoms with E-state index in [1.165, 1.54) is 21.9 Å². The van der Waals surface area contributed by atoms with Crippen molar-refractivity contribution in [1.29, 1.82) is 0 Å². The van der Waals surface area contributed by atoms with Crippen molar-refractivity contribution in [1.82, 2.24) is 9.29 Å². The predicted octanol–water partition coefficient (Wildman–Crippen LogP) is 2.33. The molecule has 1 aliphatic heterocycles. The van der Waals surface area contributed by atoms with Crippen molar-refractivity contribution in [2.24, 2.45) is 0 Å². The van der Waals surface area contributed by atoms with Crippen LogP contribution in [0.15, 0.2) is 34.7 Å². The number of thiophene rings is 1. The molecule has 3 heterocycles. The number of thioether (sulfide) groups is 1. The minimum atomic E-state index is -3.78. The van der Waals surface area contributed by atoms with Crippen molar-refractivity contribution in [3.63, 3.8) is 0 Å². The fourth-order valence-corrected chi connectivity index (χ4v) is 6.46. The molecule has 0 unspecified atom stereocenters. The third-order valence-electron chi connectivity index (χ3n) is 3.77. The molecule has 0 spiro atoms. The highest BCUT2D eigenvalue weighted by Crippen LogP contribution is 2.27. The molecule has 0 bridgehead atoms. The largest absolute Gasteiger partial charge is 0.451 e.